The molecule has 0 fully saturated rings. The Balaban J connectivity index is 1.79. The van der Waals surface area contributed by atoms with Gasteiger partial charge in [-0.2, -0.15) is 0 Å². The van der Waals surface area contributed by atoms with Crippen LogP contribution in [-0.4, -0.2) is 15.5 Å². The van der Waals surface area contributed by atoms with Gasteiger partial charge in [0, 0.05) is 23.2 Å². The molecule has 0 bridgehead atoms. The Labute approximate surface area is 170 Å². The van der Waals surface area contributed by atoms with Crippen LogP contribution in [0, 0.1) is 18.6 Å². The fourth-order valence-electron chi connectivity index (χ4n) is 3.24. The summed E-state index contributed by atoms with van der Waals surface area (Å²) < 4.78 is 28.8. The highest BCUT2D eigenvalue weighted by Crippen LogP contribution is 2.32. The number of nitrogens with two attached hydrogens (primary N) is 1. The standard InChI is InChI=1S/C22H17F2N3OS/c1-13-16(21(25)28)10-20(27(13)11-14-7-8-17(23)18(24)9-14)19-12-29-22(26-19)15-5-3-2-4-6-15/h2-10,12H,11H2,1H3,(H2,25,28). The molecular weight excluding hydrogens is 392 g/mol. The highest BCUT2D eigenvalue weighted by molar-refractivity contribution is 7.13. The maximum absolute atomic E-state index is 13.7. The number of carbonyl (C=O) groups is 1. The summed E-state index contributed by atoms with van der Waals surface area (Å²) in [7, 11) is 0. The molecule has 0 atom stereocenters. The van der Waals surface area contributed by atoms with E-state index in [-0.39, 0.29) is 6.54 Å². The van der Waals surface area contributed by atoms with E-state index in [0.717, 1.165) is 22.7 Å². The highest BCUT2D eigenvalue weighted by Gasteiger charge is 2.19. The number of hydrogen-bond donors (Lipinski definition) is 1. The Kier molecular flexibility index (Phi) is 4.98. The molecule has 2 N–H and O–H groups in total. The van der Waals surface area contributed by atoms with Crippen molar-refractivity contribution < 1.29 is 13.6 Å². The summed E-state index contributed by atoms with van der Waals surface area (Å²) in [5, 5.41) is 2.75. The molecule has 0 unspecified atom stereocenters. The second-order valence-electron chi connectivity index (χ2n) is 6.63. The quantitative estimate of drug-likeness (QED) is 0.504. The van der Waals surface area contributed by atoms with E-state index in [2.05, 4.69) is 0 Å². The maximum atomic E-state index is 13.7. The first-order valence-corrected chi connectivity index (χ1v) is 9.77. The van der Waals surface area contributed by atoms with Crippen LogP contribution in [-0.2, 0) is 6.54 Å². The van der Waals surface area contributed by atoms with Crippen LogP contribution in [0.5, 0.6) is 0 Å². The third-order valence-corrected chi connectivity index (χ3v) is 5.64. The summed E-state index contributed by atoms with van der Waals surface area (Å²) >= 11 is 1.49. The van der Waals surface area contributed by atoms with Crippen molar-refractivity contribution in [1.29, 1.82) is 0 Å². The normalized spacial score (nSPS) is 11.0. The molecule has 2 aromatic heterocycles. The van der Waals surface area contributed by atoms with E-state index in [1.54, 1.807) is 13.0 Å². The molecule has 0 aliphatic heterocycles. The lowest BCUT2D eigenvalue weighted by molar-refractivity contribution is 0.0999. The predicted octanol–water partition coefficient (Wildman–Crippen LogP) is 5.01. The molecule has 4 aromatic rings. The number of nitrogens with zero attached hydrogens (tertiary/aromatic N) is 2. The number of rotatable bonds is 5. The largest absolute Gasteiger partial charge is 0.366 e. The first-order valence-electron chi connectivity index (χ1n) is 8.89. The van der Waals surface area contributed by atoms with Crippen LogP contribution in [0.4, 0.5) is 8.78 Å². The first kappa shape index (κ1) is 19.0. The zero-order valence-corrected chi connectivity index (χ0v) is 16.3. The molecule has 2 aromatic carbocycles. The van der Waals surface area contributed by atoms with Crippen molar-refractivity contribution in [3.63, 3.8) is 0 Å². The topological polar surface area (TPSA) is 60.9 Å². The minimum absolute atomic E-state index is 0.254. The number of carbonyl (C=O) groups excluding carboxylic acids is 1. The van der Waals surface area contributed by atoms with Crippen molar-refractivity contribution in [2.75, 3.05) is 0 Å². The second-order valence-corrected chi connectivity index (χ2v) is 7.49. The lowest BCUT2D eigenvalue weighted by atomic mass is 10.2. The second kappa shape index (κ2) is 7.60. The van der Waals surface area contributed by atoms with E-state index >= 15 is 0 Å². The molecule has 4 nitrogen and oxygen atoms in total. The zero-order chi connectivity index (χ0) is 20.5. The van der Waals surface area contributed by atoms with Gasteiger partial charge >= 0.3 is 0 Å². The molecule has 29 heavy (non-hydrogen) atoms. The van der Waals surface area contributed by atoms with E-state index in [4.69, 9.17) is 10.7 Å². The zero-order valence-electron chi connectivity index (χ0n) is 15.5. The monoisotopic (exact) mass is 409 g/mol. The summed E-state index contributed by atoms with van der Waals surface area (Å²) in [4.78, 5) is 16.6. The Bertz CT molecular complexity index is 1200. The van der Waals surface area contributed by atoms with Crippen molar-refractivity contribution in [1.82, 2.24) is 9.55 Å². The SMILES string of the molecule is Cc1c(C(N)=O)cc(-c2csc(-c3ccccc3)n2)n1Cc1ccc(F)c(F)c1. The number of benzene rings is 2. The van der Waals surface area contributed by atoms with E-state index in [9.17, 15) is 13.6 Å². The average molecular weight is 409 g/mol. The van der Waals surface area contributed by atoms with E-state index in [0.29, 0.717) is 28.2 Å². The number of hydrogen-bond acceptors (Lipinski definition) is 3. The van der Waals surface area contributed by atoms with Gasteiger partial charge in [0.25, 0.3) is 5.91 Å². The van der Waals surface area contributed by atoms with Crippen molar-refractivity contribution in [3.05, 3.63) is 88.4 Å². The molecule has 0 spiro atoms. The Hall–Kier alpha value is -3.32. The average Bonchev–Trinajstić information content (AvgIpc) is 3.31. The van der Waals surface area contributed by atoms with Crippen molar-refractivity contribution >= 4 is 17.2 Å². The van der Waals surface area contributed by atoms with Gasteiger partial charge in [0.05, 0.1) is 17.0 Å². The maximum Gasteiger partial charge on any atom is 0.250 e. The Morgan fingerprint density at radius 2 is 1.86 bits per heavy atom. The predicted molar refractivity (Wildman–Crippen MR) is 110 cm³/mol. The molecule has 0 aliphatic carbocycles. The smallest absolute Gasteiger partial charge is 0.250 e. The molecule has 0 saturated carbocycles. The van der Waals surface area contributed by atoms with Crippen LogP contribution in [0.15, 0.2) is 60.0 Å². The van der Waals surface area contributed by atoms with Crippen LogP contribution < -0.4 is 5.73 Å². The summed E-state index contributed by atoms with van der Waals surface area (Å²) in [5.41, 5.74) is 9.49. The molecule has 0 saturated heterocycles. The van der Waals surface area contributed by atoms with Gasteiger partial charge in [-0.1, -0.05) is 36.4 Å². The number of amides is 1. The highest BCUT2D eigenvalue weighted by atomic mass is 32.1. The fraction of sp³-hybridized carbons (Fsp3) is 0.0909. The van der Waals surface area contributed by atoms with Crippen molar-refractivity contribution in [3.8, 4) is 22.0 Å². The Morgan fingerprint density at radius 3 is 2.55 bits per heavy atom. The van der Waals surface area contributed by atoms with E-state index < -0.39 is 17.5 Å². The summed E-state index contributed by atoms with van der Waals surface area (Å²) in [5.74, 6) is -2.36. The van der Waals surface area contributed by atoms with Gasteiger partial charge in [0.2, 0.25) is 0 Å². The Morgan fingerprint density at radius 1 is 1.10 bits per heavy atom. The molecule has 0 radical (unpaired) electrons. The van der Waals surface area contributed by atoms with Crippen LogP contribution >= 0.6 is 11.3 Å². The van der Waals surface area contributed by atoms with Gasteiger partial charge in [-0.05, 0) is 30.7 Å². The summed E-state index contributed by atoms with van der Waals surface area (Å²) in [6.07, 6.45) is 0. The van der Waals surface area contributed by atoms with Crippen molar-refractivity contribution in [2.24, 2.45) is 5.73 Å². The van der Waals surface area contributed by atoms with E-state index in [1.165, 1.54) is 17.4 Å². The minimum Gasteiger partial charge on any atom is -0.366 e. The van der Waals surface area contributed by atoms with Gasteiger partial charge in [-0.25, -0.2) is 13.8 Å². The summed E-state index contributed by atoms with van der Waals surface area (Å²) in [6.45, 7) is 2.03. The third-order valence-electron chi connectivity index (χ3n) is 4.74. The van der Waals surface area contributed by atoms with Gasteiger partial charge in [-0.15, -0.1) is 11.3 Å². The van der Waals surface area contributed by atoms with Crippen LogP contribution in [0.2, 0.25) is 0 Å². The molecule has 2 heterocycles. The number of aromatic nitrogens is 2. The molecule has 0 aliphatic rings. The van der Waals surface area contributed by atoms with Gasteiger partial charge in [-0.3, -0.25) is 4.79 Å². The molecule has 146 valence electrons. The minimum atomic E-state index is -0.913. The van der Waals surface area contributed by atoms with Crippen molar-refractivity contribution in [2.45, 2.75) is 13.5 Å². The van der Waals surface area contributed by atoms with Gasteiger partial charge in [0.1, 0.15) is 5.01 Å². The lowest BCUT2D eigenvalue weighted by Crippen LogP contribution is -2.13. The van der Waals surface area contributed by atoms with Crippen LogP contribution in [0.1, 0.15) is 21.6 Å². The van der Waals surface area contributed by atoms with Crippen LogP contribution in [0.25, 0.3) is 22.0 Å². The lowest BCUT2D eigenvalue weighted by Gasteiger charge is -2.11. The molecule has 7 heteroatoms. The molecule has 4 rings (SSSR count). The van der Waals surface area contributed by atoms with Gasteiger partial charge in [0.15, 0.2) is 11.6 Å². The fourth-order valence-corrected chi connectivity index (χ4v) is 4.06. The third kappa shape index (κ3) is 3.69. The number of halogens is 2. The van der Waals surface area contributed by atoms with E-state index in [1.807, 2.05) is 40.3 Å². The summed E-state index contributed by atoms with van der Waals surface area (Å²) in [6, 6.07) is 15.2. The first-order chi connectivity index (χ1) is 13.9. The van der Waals surface area contributed by atoms with Gasteiger partial charge < -0.3 is 10.3 Å². The molecular formula is C22H17F2N3OS. The van der Waals surface area contributed by atoms with Crippen LogP contribution in [0.3, 0.4) is 0 Å². The molecule has 1 amide bonds. The number of primary amides is 1. The number of thiazole rings is 1.